The zero-order chi connectivity index (χ0) is 29.9. The van der Waals surface area contributed by atoms with Crippen molar-refractivity contribution in [3.63, 3.8) is 0 Å². The van der Waals surface area contributed by atoms with Crippen LogP contribution in [0.4, 0.5) is 11.5 Å². The van der Waals surface area contributed by atoms with E-state index in [1.54, 1.807) is 21.7 Å². The van der Waals surface area contributed by atoms with E-state index < -0.39 is 11.4 Å². The van der Waals surface area contributed by atoms with Crippen LogP contribution in [0.25, 0.3) is 5.65 Å². The van der Waals surface area contributed by atoms with E-state index in [-0.39, 0.29) is 28.7 Å². The van der Waals surface area contributed by atoms with E-state index in [4.69, 9.17) is 0 Å². The Labute approximate surface area is 248 Å². The second-order valence-electron chi connectivity index (χ2n) is 12.3. The zero-order valence-electron chi connectivity index (χ0n) is 24.2. The van der Waals surface area contributed by atoms with Gasteiger partial charge >= 0.3 is 5.97 Å². The molecule has 7 rings (SSSR count). The largest absolute Gasteiger partial charge is 0.477 e. The Morgan fingerprint density at radius 1 is 0.930 bits per heavy atom. The van der Waals surface area contributed by atoms with Crippen molar-refractivity contribution in [3.8, 4) is 0 Å². The van der Waals surface area contributed by atoms with Gasteiger partial charge in [-0.05, 0) is 62.4 Å². The van der Waals surface area contributed by atoms with Gasteiger partial charge in [0, 0.05) is 38.1 Å². The number of aromatic carboxylic acids is 1. The number of hydrogen-bond donors (Lipinski definition) is 1. The van der Waals surface area contributed by atoms with Gasteiger partial charge in [-0.25, -0.2) is 19.3 Å². The summed E-state index contributed by atoms with van der Waals surface area (Å²) >= 11 is 0. The Kier molecular flexibility index (Phi) is 6.22. The number of carbonyl (C=O) groups is 3. The molecule has 0 bridgehead atoms. The average molecular weight is 580 g/mol. The number of carboxylic acids is 1. The van der Waals surface area contributed by atoms with Crippen LogP contribution in [0.5, 0.6) is 0 Å². The first kappa shape index (κ1) is 27.1. The molecule has 1 spiro atoms. The summed E-state index contributed by atoms with van der Waals surface area (Å²) in [6, 6.07) is 16.9. The number of aryl methyl sites for hydroxylation is 1. The second kappa shape index (κ2) is 9.89. The molecule has 3 aromatic heterocycles. The monoisotopic (exact) mass is 579 g/mol. The fraction of sp³-hybridized carbons (Fsp3) is 0.375. The lowest BCUT2D eigenvalue weighted by molar-refractivity contribution is -0.121. The van der Waals surface area contributed by atoms with Crippen LogP contribution in [-0.4, -0.2) is 80.1 Å². The first-order valence-corrected chi connectivity index (χ1v) is 14.6. The Hall–Kier alpha value is -4.80. The third kappa shape index (κ3) is 4.50. The first-order valence-electron chi connectivity index (χ1n) is 14.6. The summed E-state index contributed by atoms with van der Waals surface area (Å²) in [5.74, 6) is -0.416. The van der Waals surface area contributed by atoms with Crippen LogP contribution in [0, 0.1) is 12.3 Å². The Morgan fingerprint density at radius 3 is 2.51 bits per heavy atom. The minimum absolute atomic E-state index is 0.0253. The second-order valence-corrected chi connectivity index (χ2v) is 12.3. The fourth-order valence-corrected chi connectivity index (χ4v) is 6.96. The molecule has 1 aromatic carbocycles. The molecule has 0 aliphatic carbocycles. The van der Waals surface area contributed by atoms with Crippen molar-refractivity contribution in [1.29, 1.82) is 0 Å². The summed E-state index contributed by atoms with van der Waals surface area (Å²) in [6.07, 6.45) is 4.24. The Morgan fingerprint density at radius 2 is 1.72 bits per heavy atom. The number of amides is 2. The lowest BCUT2D eigenvalue weighted by Crippen LogP contribution is -2.35. The number of rotatable bonds is 5. The molecule has 0 saturated carbocycles. The zero-order valence-corrected chi connectivity index (χ0v) is 24.2. The maximum Gasteiger partial charge on any atom is 0.354 e. The number of carbonyl (C=O) groups excluding carboxylic acids is 2. The van der Waals surface area contributed by atoms with Gasteiger partial charge in [0.1, 0.15) is 5.82 Å². The van der Waals surface area contributed by atoms with Crippen LogP contribution >= 0.6 is 0 Å². The van der Waals surface area contributed by atoms with Crippen molar-refractivity contribution in [1.82, 2.24) is 24.5 Å². The summed E-state index contributed by atoms with van der Waals surface area (Å²) in [5.41, 5.74) is 2.53. The highest BCUT2D eigenvalue weighted by atomic mass is 16.4. The molecule has 3 aliphatic heterocycles. The molecule has 6 heterocycles. The molecule has 3 saturated heterocycles. The predicted octanol–water partition coefficient (Wildman–Crippen LogP) is 3.57. The number of fused-ring (bicyclic) bond motifs is 1. The highest BCUT2D eigenvalue weighted by Crippen LogP contribution is 2.41. The predicted molar refractivity (Wildman–Crippen MR) is 159 cm³/mol. The maximum atomic E-state index is 13.6. The van der Waals surface area contributed by atoms with Crippen molar-refractivity contribution >= 4 is 34.9 Å². The molecule has 1 N–H and O–H groups in total. The van der Waals surface area contributed by atoms with Gasteiger partial charge in [0.05, 0.1) is 17.3 Å². The average Bonchev–Trinajstić information content (AvgIpc) is 3.81. The minimum atomic E-state index is -1.05. The SMILES string of the molecule is Cc1cc(N2CCC(C)(c3ccccc3)C2=O)cn2nc(C(=O)N3CC[C@@]4(CCN(c5cccc(C(=O)O)n5)C4)C3)nc12. The van der Waals surface area contributed by atoms with Gasteiger partial charge in [0.2, 0.25) is 11.7 Å². The minimum Gasteiger partial charge on any atom is -0.477 e. The molecule has 43 heavy (non-hydrogen) atoms. The summed E-state index contributed by atoms with van der Waals surface area (Å²) in [4.78, 5) is 53.3. The molecule has 2 amide bonds. The molecule has 2 atom stereocenters. The third-order valence-corrected chi connectivity index (χ3v) is 9.51. The molecule has 4 aromatic rings. The number of benzene rings is 1. The smallest absolute Gasteiger partial charge is 0.354 e. The number of likely N-dealkylation sites (tertiary alicyclic amines) is 1. The lowest BCUT2D eigenvalue weighted by atomic mass is 9.81. The van der Waals surface area contributed by atoms with E-state index in [9.17, 15) is 19.5 Å². The molecule has 3 fully saturated rings. The normalized spacial score (nSPS) is 23.7. The van der Waals surface area contributed by atoms with E-state index in [0.717, 1.165) is 36.2 Å². The quantitative estimate of drug-likeness (QED) is 0.381. The van der Waals surface area contributed by atoms with Gasteiger partial charge in [0.15, 0.2) is 11.3 Å². The fourth-order valence-electron chi connectivity index (χ4n) is 6.96. The van der Waals surface area contributed by atoms with Crippen molar-refractivity contribution in [2.75, 3.05) is 42.5 Å². The molecular weight excluding hydrogens is 546 g/mol. The van der Waals surface area contributed by atoms with E-state index in [0.29, 0.717) is 44.1 Å². The highest BCUT2D eigenvalue weighted by Gasteiger charge is 2.46. The number of aromatic nitrogens is 4. The van der Waals surface area contributed by atoms with Crippen LogP contribution in [0.1, 0.15) is 58.4 Å². The summed E-state index contributed by atoms with van der Waals surface area (Å²) in [7, 11) is 0. The number of pyridine rings is 2. The number of hydrogen-bond acceptors (Lipinski definition) is 7. The van der Waals surface area contributed by atoms with Gasteiger partial charge < -0.3 is 19.8 Å². The number of anilines is 2. The van der Waals surface area contributed by atoms with Crippen molar-refractivity contribution in [2.45, 2.75) is 38.5 Å². The lowest BCUT2D eigenvalue weighted by Gasteiger charge is -2.24. The van der Waals surface area contributed by atoms with Gasteiger partial charge in [-0.2, -0.15) is 0 Å². The molecule has 1 unspecified atom stereocenters. The molecule has 0 radical (unpaired) electrons. The van der Waals surface area contributed by atoms with Crippen molar-refractivity contribution in [3.05, 3.63) is 83.4 Å². The van der Waals surface area contributed by atoms with Crippen LogP contribution in [0.15, 0.2) is 60.8 Å². The standard InChI is InChI=1S/C32H33N7O4/c1-21-17-23(38-16-11-31(2,30(38)43)22-7-4-3-5-8-22)18-39-27(21)34-26(35-39)28(40)37-15-13-32(20-37)12-14-36(19-32)25-10-6-9-24(33-25)29(41)42/h3-10,17-18H,11-16,19-20H2,1-2H3,(H,41,42)/t31?,32-/m1/s1. The van der Waals surface area contributed by atoms with Gasteiger partial charge in [-0.3, -0.25) is 9.59 Å². The molecule has 220 valence electrons. The molecule has 11 nitrogen and oxygen atoms in total. The highest BCUT2D eigenvalue weighted by molar-refractivity contribution is 6.03. The summed E-state index contributed by atoms with van der Waals surface area (Å²) in [6.45, 7) is 7.17. The van der Waals surface area contributed by atoms with Crippen LogP contribution in [-0.2, 0) is 10.2 Å². The Balaban J connectivity index is 1.08. The van der Waals surface area contributed by atoms with E-state index in [2.05, 4.69) is 20.0 Å². The summed E-state index contributed by atoms with van der Waals surface area (Å²) < 4.78 is 1.62. The number of nitrogens with zero attached hydrogens (tertiary/aromatic N) is 7. The van der Waals surface area contributed by atoms with Gasteiger partial charge in [0.25, 0.3) is 5.91 Å². The topological polar surface area (TPSA) is 124 Å². The van der Waals surface area contributed by atoms with Crippen LogP contribution in [0.2, 0.25) is 0 Å². The first-order chi connectivity index (χ1) is 20.7. The van der Waals surface area contributed by atoms with E-state index in [1.165, 1.54) is 6.07 Å². The van der Waals surface area contributed by atoms with E-state index in [1.807, 2.05) is 61.2 Å². The number of carboxylic acid groups (broad SMARTS) is 1. The summed E-state index contributed by atoms with van der Waals surface area (Å²) in [5, 5.41) is 13.9. The molecule has 3 aliphatic rings. The molecule has 11 heteroatoms. The van der Waals surface area contributed by atoms with E-state index >= 15 is 0 Å². The third-order valence-electron chi connectivity index (χ3n) is 9.51. The molecular formula is C32H33N7O4. The van der Waals surface area contributed by atoms with Gasteiger partial charge in [-0.1, -0.05) is 36.4 Å². The van der Waals surface area contributed by atoms with Crippen molar-refractivity contribution < 1.29 is 19.5 Å². The van der Waals surface area contributed by atoms with Gasteiger partial charge in [-0.15, -0.1) is 5.10 Å². The van der Waals surface area contributed by atoms with Crippen LogP contribution < -0.4 is 9.80 Å². The maximum absolute atomic E-state index is 13.6. The van der Waals surface area contributed by atoms with Crippen molar-refractivity contribution in [2.24, 2.45) is 5.41 Å². The van der Waals surface area contributed by atoms with Crippen LogP contribution in [0.3, 0.4) is 0 Å². The Bertz CT molecular complexity index is 1770.